The highest BCUT2D eigenvalue weighted by molar-refractivity contribution is 5.96. The standard InChI is InChI=1S/C22H27NO2.ClH/c1-4-23(15-13-21(24)19-9-5-17(2)6-10-19)16-14-22(25)20-11-7-18(3)8-12-20;/h5-12H,4,13-16H2,1-3H3;1H. The molecule has 0 aromatic heterocycles. The molecule has 0 heterocycles. The molecule has 4 heteroatoms. The summed E-state index contributed by atoms with van der Waals surface area (Å²) < 4.78 is 0. The van der Waals surface area contributed by atoms with E-state index in [9.17, 15) is 9.59 Å². The molecule has 0 saturated heterocycles. The van der Waals surface area contributed by atoms with Gasteiger partial charge in [0.25, 0.3) is 0 Å². The maximum Gasteiger partial charge on any atom is 0.164 e. The monoisotopic (exact) mass is 373 g/mol. The molecule has 2 aromatic carbocycles. The average Bonchev–Trinajstić information content (AvgIpc) is 2.62. The quantitative estimate of drug-likeness (QED) is 0.587. The molecule has 0 unspecified atom stereocenters. The van der Waals surface area contributed by atoms with Gasteiger partial charge in [0, 0.05) is 37.1 Å². The summed E-state index contributed by atoms with van der Waals surface area (Å²) in [6, 6.07) is 15.4. The maximum atomic E-state index is 12.3. The summed E-state index contributed by atoms with van der Waals surface area (Å²) in [4.78, 5) is 26.7. The van der Waals surface area contributed by atoms with Gasteiger partial charge in [-0.05, 0) is 20.4 Å². The van der Waals surface area contributed by atoms with E-state index < -0.39 is 0 Å². The smallest absolute Gasteiger partial charge is 0.164 e. The number of hydrogen-bond donors (Lipinski definition) is 0. The first-order valence-corrected chi connectivity index (χ1v) is 8.91. The highest BCUT2D eigenvalue weighted by Gasteiger charge is 2.12. The molecule has 0 amide bonds. The molecule has 26 heavy (non-hydrogen) atoms. The normalized spacial score (nSPS) is 10.5. The fourth-order valence-electron chi connectivity index (χ4n) is 2.71. The van der Waals surface area contributed by atoms with E-state index in [0.717, 1.165) is 28.8 Å². The summed E-state index contributed by atoms with van der Waals surface area (Å²) in [6.07, 6.45) is 0.964. The highest BCUT2D eigenvalue weighted by atomic mass is 35.5. The summed E-state index contributed by atoms with van der Waals surface area (Å²) in [6.45, 7) is 8.29. The molecule has 0 radical (unpaired) electrons. The van der Waals surface area contributed by atoms with Gasteiger partial charge in [0.1, 0.15) is 0 Å². The van der Waals surface area contributed by atoms with Crippen LogP contribution in [0, 0.1) is 13.8 Å². The lowest BCUT2D eigenvalue weighted by molar-refractivity contribution is 0.0949. The third kappa shape index (κ3) is 6.74. The van der Waals surface area contributed by atoms with Gasteiger partial charge in [-0.25, -0.2) is 0 Å². The summed E-state index contributed by atoms with van der Waals surface area (Å²) in [5.41, 5.74) is 3.83. The third-order valence-electron chi connectivity index (χ3n) is 4.50. The van der Waals surface area contributed by atoms with Gasteiger partial charge in [-0.2, -0.15) is 0 Å². The van der Waals surface area contributed by atoms with Crippen molar-refractivity contribution < 1.29 is 9.59 Å². The lowest BCUT2D eigenvalue weighted by atomic mass is 10.1. The van der Waals surface area contributed by atoms with Crippen LogP contribution >= 0.6 is 12.4 Å². The van der Waals surface area contributed by atoms with Crippen LogP contribution in [0.1, 0.15) is 51.6 Å². The molecule has 2 aromatic rings. The first-order valence-electron chi connectivity index (χ1n) is 8.91. The van der Waals surface area contributed by atoms with Gasteiger partial charge in [-0.3, -0.25) is 9.59 Å². The number of aryl methyl sites for hydroxylation is 2. The van der Waals surface area contributed by atoms with E-state index in [-0.39, 0.29) is 24.0 Å². The Kier molecular flexibility index (Phi) is 9.25. The van der Waals surface area contributed by atoms with Crippen LogP contribution in [0.2, 0.25) is 0 Å². The van der Waals surface area contributed by atoms with Crippen LogP contribution in [-0.2, 0) is 0 Å². The zero-order valence-corrected chi connectivity index (χ0v) is 16.6. The Hall–Kier alpha value is -1.97. The zero-order chi connectivity index (χ0) is 18.2. The molecule has 0 N–H and O–H groups in total. The zero-order valence-electron chi connectivity index (χ0n) is 15.8. The molecule has 0 aliphatic rings. The van der Waals surface area contributed by atoms with Gasteiger partial charge >= 0.3 is 0 Å². The number of hydrogen-bond acceptors (Lipinski definition) is 3. The molecule has 140 valence electrons. The number of Topliss-reactive ketones (excluding diaryl/α,β-unsaturated/α-hetero) is 2. The van der Waals surface area contributed by atoms with Crippen LogP contribution in [0.3, 0.4) is 0 Å². The van der Waals surface area contributed by atoms with Gasteiger partial charge < -0.3 is 4.90 Å². The van der Waals surface area contributed by atoms with E-state index in [1.807, 2.05) is 62.4 Å². The predicted molar refractivity (Wildman–Crippen MR) is 110 cm³/mol. The fraction of sp³-hybridized carbons (Fsp3) is 0.364. The molecule has 0 aliphatic heterocycles. The van der Waals surface area contributed by atoms with Crippen molar-refractivity contribution in [3.05, 3.63) is 70.8 Å². The van der Waals surface area contributed by atoms with E-state index in [1.54, 1.807) is 0 Å². The minimum Gasteiger partial charge on any atom is -0.303 e. The van der Waals surface area contributed by atoms with Gasteiger partial charge in [-0.15, -0.1) is 12.4 Å². The van der Waals surface area contributed by atoms with E-state index in [4.69, 9.17) is 0 Å². The largest absolute Gasteiger partial charge is 0.303 e. The number of carbonyl (C=O) groups excluding carboxylic acids is 2. The van der Waals surface area contributed by atoms with Crippen molar-refractivity contribution in [1.82, 2.24) is 4.90 Å². The number of nitrogens with zero attached hydrogens (tertiary/aromatic N) is 1. The highest BCUT2D eigenvalue weighted by Crippen LogP contribution is 2.09. The maximum absolute atomic E-state index is 12.3. The summed E-state index contributed by atoms with van der Waals surface area (Å²) in [5, 5.41) is 0. The molecular formula is C22H28ClNO2. The number of carbonyl (C=O) groups is 2. The predicted octanol–water partition coefficient (Wildman–Crippen LogP) is 4.89. The average molecular weight is 374 g/mol. The van der Waals surface area contributed by atoms with Crippen molar-refractivity contribution in [3.63, 3.8) is 0 Å². The number of benzene rings is 2. The molecule has 0 atom stereocenters. The summed E-state index contributed by atoms with van der Waals surface area (Å²) in [7, 11) is 0. The van der Waals surface area contributed by atoms with Crippen molar-refractivity contribution in [3.8, 4) is 0 Å². The van der Waals surface area contributed by atoms with Crippen molar-refractivity contribution in [2.24, 2.45) is 0 Å². The Balaban J connectivity index is 0.00000338. The molecule has 0 saturated carbocycles. The van der Waals surface area contributed by atoms with Crippen molar-refractivity contribution in [2.75, 3.05) is 19.6 Å². The molecule has 0 aliphatic carbocycles. The van der Waals surface area contributed by atoms with Crippen LogP contribution in [0.5, 0.6) is 0 Å². The lowest BCUT2D eigenvalue weighted by Gasteiger charge is -2.19. The minimum absolute atomic E-state index is 0. The summed E-state index contributed by atoms with van der Waals surface area (Å²) in [5.74, 6) is 0.312. The van der Waals surface area contributed by atoms with Crippen LogP contribution in [0.15, 0.2) is 48.5 Å². The molecule has 2 rings (SSSR count). The van der Waals surface area contributed by atoms with Crippen LogP contribution in [-0.4, -0.2) is 36.1 Å². The topological polar surface area (TPSA) is 37.4 Å². The molecule has 3 nitrogen and oxygen atoms in total. The Labute approximate surface area is 162 Å². The van der Waals surface area contributed by atoms with Crippen LogP contribution in [0.4, 0.5) is 0 Å². The number of ketones is 2. The SMILES string of the molecule is CCN(CCC(=O)c1ccc(C)cc1)CCC(=O)c1ccc(C)cc1.Cl. The number of rotatable bonds is 9. The second-order valence-electron chi connectivity index (χ2n) is 6.51. The molecule has 0 spiro atoms. The number of halogens is 1. The molecule has 0 fully saturated rings. The van der Waals surface area contributed by atoms with Crippen LogP contribution in [0.25, 0.3) is 0 Å². The van der Waals surface area contributed by atoms with E-state index in [0.29, 0.717) is 25.9 Å². The molecular weight excluding hydrogens is 346 g/mol. The Morgan fingerprint density at radius 1 is 0.731 bits per heavy atom. The summed E-state index contributed by atoms with van der Waals surface area (Å²) >= 11 is 0. The van der Waals surface area contributed by atoms with E-state index in [1.165, 1.54) is 0 Å². The van der Waals surface area contributed by atoms with E-state index >= 15 is 0 Å². The van der Waals surface area contributed by atoms with Crippen LogP contribution < -0.4 is 0 Å². The van der Waals surface area contributed by atoms with Gasteiger partial charge in [0.2, 0.25) is 0 Å². The molecule has 0 bridgehead atoms. The minimum atomic E-state index is 0. The van der Waals surface area contributed by atoms with Crippen molar-refractivity contribution in [1.29, 1.82) is 0 Å². The Morgan fingerprint density at radius 3 is 1.38 bits per heavy atom. The Bertz CT molecular complexity index is 646. The van der Waals surface area contributed by atoms with Gasteiger partial charge in [0.05, 0.1) is 0 Å². The first-order chi connectivity index (χ1) is 12.0. The Morgan fingerprint density at radius 2 is 1.08 bits per heavy atom. The van der Waals surface area contributed by atoms with Gasteiger partial charge in [-0.1, -0.05) is 66.6 Å². The second-order valence-corrected chi connectivity index (χ2v) is 6.51. The van der Waals surface area contributed by atoms with Gasteiger partial charge in [0.15, 0.2) is 11.6 Å². The lowest BCUT2D eigenvalue weighted by Crippen LogP contribution is -2.28. The second kappa shape index (κ2) is 10.9. The first kappa shape index (κ1) is 22.1. The van der Waals surface area contributed by atoms with Crippen molar-refractivity contribution >= 4 is 24.0 Å². The third-order valence-corrected chi connectivity index (χ3v) is 4.50. The van der Waals surface area contributed by atoms with E-state index in [2.05, 4.69) is 11.8 Å². The van der Waals surface area contributed by atoms with Crippen molar-refractivity contribution in [2.45, 2.75) is 33.6 Å². The fourth-order valence-corrected chi connectivity index (χ4v) is 2.71.